The fraction of sp³-hybridized carbons (Fsp3) is 0.273. The Hall–Kier alpha value is -1.89. The largest absolute Gasteiger partial charge is 0.494 e. The van der Waals surface area contributed by atoms with Gasteiger partial charge in [0, 0.05) is 23.7 Å². The van der Waals surface area contributed by atoms with Crippen LogP contribution in [-0.4, -0.2) is 21.4 Å². The second-order valence-electron chi connectivity index (χ2n) is 3.64. The van der Waals surface area contributed by atoms with Crippen molar-refractivity contribution >= 4 is 17.4 Å². The molecule has 0 radical (unpaired) electrons. The zero-order valence-corrected chi connectivity index (χ0v) is 11.0. The van der Waals surface area contributed by atoms with Gasteiger partial charge in [0.25, 0.3) is 0 Å². The van der Waals surface area contributed by atoms with Crippen molar-refractivity contribution < 1.29 is 4.74 Å². The van der Waals surface area contributed by atoms with Gasteiger partial charge in [-0.25, -0.2) is 9.89 Å². The topological polar surface area (TPSA) is 85.9 Å². The molecule has 0 amide bonds. The molecule has 3 N–H and O–H groups in total. The number of nitrogens with two attached hydrogens (primary N) is 1. The molecule has 0 aliphatic heterocycles. The number of nitrogens with zero attached hydrogens (tertiary/aromatic N) is 2. The van der Waals surface area contributed by atoms with E-state index in [0.717, 1.165) is 4.90 Å². The Morgan fingerprint density at radius 3 is 2.89 bits per heavy atom. The van der Waals surface area contributed by atoms with Crippen LogP contribution in [0.1, 0.15) is 6.92 Å². The number of H-pyrrole nitrogens is 1. The first kappa shape index (κ1) is 12.6. The molecule has 7 heteroatoms. The highest BCUT2D eigenvalue weighted by molar-refractivity contribution is 7.99. The highest BCUT2D eigenvalue weighted by atomic mass is 32.2. The zero-order chi connectivity index (χ0) is 13.1. The van der Waals surface area contributed by atoms with E-state index < -0.39 is 0 Å². The number of hydrogen-bond acceptors (Lipinski definition) is 5. The zero-order valence-electron chi connectivity index (χ0n) is 10.1. The van der Waals surface area contributed by atoms with Crippen LogP contribution in [0.25, 0.3) is 0 Å². The van der Waals surface area contributed by atoms with Gasteiger partial charge in [-0.1, -0.05) is 0 Å². The first-order valence-corrected chi connectivity index (χ1v) is 6.24. The van der Waals surface area contributed by atoms with Crippen LogP contribution in [0.15, 0.2) is 33.0 Å². The Bertz CT molecular complexity index is 605. The first-order chi connectivity index (χ1) is 8.60. The van der Waals surface area contributed by atoms with Crippen molar-refractivity contribution in [3.63, 3.8) is 0 Å². The van der Waals surface area contributed by atoms with Gasteiger partial charge in [0.05, 0.1) is 6.61 Å². The van der Waals surface area contributed by atoms with Crippen molar-refractivity contribution in [3.05, 3.63) is 28.7 Å². The van der Waals surface area contributed by atoms with E-state index in [1.807, 2.05) is 19.1 Å². The van der Waals surface area contributed by atoms with Crippen LogP contribution in [0, 0.1) is 0 Å². The van der Waals surface area contributed by atoms with Crippen molar-refractivity contribution in [1.29, 1.82) is 0 Å². The van der Waals surface area contributed by atoms with E-state index in [0.29, 0.717) is 23.2 Å². The van der Waals surface area contributed by atoms with Gasteiger partial charge in [0.1, 0.15) is 5.75 Å². The second-order valence-corrected chi connectivity index (χ2v) is 4.68. The van der Waals surface area contributed by atoms with E-state index in [9.17, 15) is 4.79 Å². The summed E-state index contributed by atoms with van der Waals surface area (Å²) in [6.45, 7) is 2.49. The highest BCUT2D eigenvalue weighted by Crippen LogP contribution is 2.30. The molecule has 0 atom stereocenters. The molecule has 0 aliphatic rings. The van der Waals surface area contributed by atoms with Gasteiger partial charge in [-0.15, -0.1) is 5.10 Å². The van der Waals surface area contributed by atoms with E-state index in [-0.39, 0.29) is 5.69 Å². The van der Waals surface area contributed by atoms with E-state index in [1.54, 1.807) is 13.1 Å². The average Bonchev–Trinajstić information content (AvgIpc) is 2.61. The monoisotopic (exact) mass is 266 g/mol. The molecule has 1 aromatic heterocycles. The van der Waals surface area contributed by atoms with Gasteiger partial charge in [-0.2, -0.15) is 0 Å². The summed E-state index contributed by atoms with van der Waals surface area (Å²) in [5, 5.41) is 6.89. The summed E-state index contributed by atoms with van der Waals surface area (Å²) in [6, 6.07) is 5.44. The van der Waals surface area contributed by atoms with Crippen molar-refractivity contribution in [2.24, 2.45) is 7.05 Å². The molecule has 18 heavy (non-hydrogen) atoms. The third kappa shape index (κ3) is 2.67. The standard InChI is InChI=1S/C11H14N4O2S/c1-3-17-8-4-7(12)5-9(6-8)18-11-14-13-10(16)15(11)2/h4-6H,3,12H2,1-2H3,(H,13,16). The Balaban J connectivity index is 2.28. The molecule has 0 fully saturated rings. The van der Waals surface area contributed by atoms with Crippen molar-refractivity contribution in [2.45, 2.75) is 17.0 Å². The van der Waals surface area contributed by atoms with Gasteiger partial charge < -0.3 is 10.5 Å². The number of aromatic amines is 1. The van der Waals surface area contributed by atoms with Crippen LogP contribution in [0.3, 0.4) is 0 Å². The lowest BCUT2D eigenvalue weighted by atomic mass is 10.3. The molecule has 1 heterocycles. The highest BCUT2D eigenvalue weighted by Gasteiger charge is 2.08. The first-order valence-electron chi connectivity index (χ1n) is 5.42. The summed E-state index contributed by atoms with van der Waals surface area (Å²) < 4.78 is 6.85. The summed E-state index contributed by atoms with van der Waals surface area (Å²) >= 11 is 1.35. The fourth-order valence-electron chi connectivity index (χ4n) is 1.43. The van der Waals surface area contributed by atoms with Crippen LogP contribution >= 0.6 is 11.8 Å². The molecule has 0 aliphatic carbocycles. The van der Waals surface area contributed by atoms with Gasteiger partial charge in [0.2, 0.25) is 0 Å². The SMILES string of the molecule is CCOc1cc(N)cc(Sc2n[nH]c(=O)n2C)c1. The van der Waals surface area contributed by atoms with E-state index in [1.165, 1.54) is 16.3 Å². The second kappa shape index (κ2) is 5.18. The molecule has 96 valence electrons. The van der Waals surface area contributed by atoms with Gasteiger partial charge >= 0.3 is 5.69 Å². The van der Waals surface area contributed by atoms with Crippen molar-refractivity contribution in [1.82, 2.24) is 14.8 Å². The van der Waals surface area contributed by atoms with Crippen LogP contribution in [-0.2, 0) is 7.05 Å². The number of anilines is 1. The normalized spacial score (nSPS) is 10.6. The van der Waals surface area contributed by atoms with Gasteiger partial charge in [-0.05, 0) is 30.8 Å². The molecule has 0 spiro atoms. The fourth-order valence-corrected chi connectivity index (χ4v) is 2.32. The van der Waals surface area contributed by atoms with Crippen LogP contribution in [0.4, 0.5) is 5.69 Å². The van der Waals surface area contributed by atoms with Crippen LogP contribution < -0.4 is 16.2 Å². The molecule has 0 unspecified atom stereocenters. The van der Waals surface area contributed by atoms with E-state index in [2.05, 4.69) is 10.2 Å². The molecule has 0 bridgehead atoms. The molecule has 2 aromatic rings. The lowest BCUT2D eigenvalue weighted by Crippen LogP contribution is -2.12. The van der Waals surface area contributed by atoms with Crippen LogP contribution in [0.2, 0.25) is 0 Å². The van der Waals surface area contributed by atoms with Crippen LogP contribution in [0.5, 0.6) is 5.75 Å². The Morgan fingerprint density at radius 2 is 2.28 bits per heavy atom. The minimum atomic E-state index is -0.244. The predicted octanol–water partition coefficient (Wildman–Crippen LogP) is 1.24. The maximum absolute atomic E-state index is 11.2. The molecule has 0 saturated carbocycles. The minimum absolute atomic E-state index is 0.244. The molecular weight excluding hydrogens is 252 g/mol. The Labute approximate surface area is 108 Å². The number of benzene rings is 1. The summed E-state index contributed by atoms with van der Waals surface area (Å²) in [5.74, 6) is 0.709. The maximum Gasteiger partial charge on any atom is 0.343 e. The number of nitrogens with one attached hydrogen (secondary N) is 1. The van der Waals surface area contributed by atoms with Gasteiger partial charge in [-0.3, -0.25) is 4.57 Å². The molecular formula is C11H14N4O2S. The number of hydrogen-bond donors (Lipinski definition) is 2. The van der Waals surface area contributed by atoms with Crippen molar-refractivity contribution in [3.8, 4) is 5.75 Å². The third-order valence-electron chi connectivity index (χ3n) is 2.26. The van der Waals surface area contributed by atoms with E-state index in [4.69, 9.17) is 10.5 Å². The summed E-state index contributed by atoms with van der Waals surface area (Å²) in [4.78, 5) is 12.1. The number of rotatable bonds is 4. The lowest BCUT2D eigenvalue weighted by molar-refractivity contribution is 0.339. The summed E-state index contributed by atoms with van der Waals surface area (Å²) in [5.41, 5.74) is 6.17. The number of aromatic nitrogens is 3. The maximum atomic E-state index is 11.2. The molecule has 2 rings (SSSR count). The third-order valence-corrected chi connectivity index (χ3v) is 3.28. The number of nitrogen functional groups attached to an aromatic ring is 1. The summed E-state index contributed by atoms with van der Waals surface area (Å²) in [6.07, 6.45) is 0. The Kier molecular flexibility index (Phi) is 3.61. The quantitative estimate of drug-likeness (QED) is 0.813. The van der Waals surface area contributed by atoms with Gasteiger partial charge in [0.15, 0.2) is 5.16 Å². The van der Waals surface area contributed by atoms with Crippen molar-refractivity contribution in [2.75, 3.05) is 12.3 Å². The molecule has 1 aromatic carbocycles. The smallest absolute Gasteiger partial charge is 0.343 e. The minimum Gasteiger partial charge on any atom is -0.494 e. The predicted molar refractivity (Wildman–Crippen MR) is 70.0 cm³/mol. The summed E-state index contributed by atoms with van der Waals surface area (Å²) in [7, 11) is 1.66. The Morgan fingerprint density at radius 1 is 1.50 bits per heavy atom. The van der Waals surface area contributed by atoms with E-state index >= 15 is 0 Å². The average molecular weight is 266 g/mol. The lowest BCUT2D eigenvalue weighted by Gasteiger charge is -2.07. The molecule has 6 nitrogen and oxygen atoms in total. The number of ether oxygens (including phenoxy) is 1. The molecule has 0 saturated heterocycles.